The SMILES string of the molecule is O=P(O)(O)O.[Eu].[KH].[KH]. The molecule has 8 heavy (non-hydrogen) atoms. The summed E-state index contributed by atoms with van der Waals surface area (Å²) >= 11 is 0. The molecule has 43 valence electrons. The standard InChI is InChI=1S/Eu.2K.H3O4P.2H/c;;;1-5(2,3)4;;/h;;;(H3,1,2,3,4);;. The van der Waals surface area contributed by atoms with Crippen molar-refractivity contribution in [1.29, 1.82) is 0 Å². The molecule has 0 rings (SSSR count). The molecule has 0 aliphatic rings. The van der Waals surface area contributed by atoms with Crippen LogP contribution in [0.25, 0.3) is 0 Å². The van der Waals surface area contributed by atoms with Crippen molar-refractivity contribution in [2.75, 3.05) is 0 Å². The summed E-state index contributed by atoms with van der Waals surface area (Å²) in [6.07, 6.45) is 0. The third kappa shape index (κ3) is 44.2. The Hall–Kier alpha value is 4.97. The van der Waals surface area contributed by atoms with Crippen LogP contribution in [0.3, 0.4) is 0 Å². The van der Waals surface area contributed by atoms with Crippen molar-refractivity contribution < 1.29 is 68.6 Å². The van der Waals surface area contributed by atoms with Gasteiger partial charge in [0.05, 0.1) is 0 Å². The fraction of sp³-hybridized carbons (Fsp3) is 0. The zero-order valence-electron chi connectivity index (χ0n) is 2.58. The second-order valence-electron chi connectivity index (χ2n) is 0.513. The van der Waals surface area contributed by atoms with Gasteiger partial charge in [-0.15, -0.1) is 0 Å². The van der Waals surface area contributed by atoms with Crippen molar-refractivity contribution in [2.24, 2.45) is 0 Å². The van der Waals surface area contributed by atoms with Gasteiger partial charge in [-0.1, -0.05) is 0 Å². The molecule has 0 aromatic rings. The predicted molar refractivity (Wildman–Crippen MR) is 28.6 cm³/mol. The maximum atomic E-state index is 8.88. The maximum absolute atomic E-state index is 8.88. The van der Waals surface area contributed by atoms with E-state index in [2.05, 4.69) is 0 Å². The normalized spacial score (nSPS) is 7.38. The van der Waals surface area contributed by atoms with E-state index in [1.54, 1.807) is 0 Å². The van der Waals surface area contributed by atoms with Crippen LogP contribution in [0, 0.1) is 49.4 Å². The second kappa shape index (κ2) is 12.0. The monoisotopic (exact) mass is 331 g/mol. The first kappa shape index (κ1) is 23.1. The predicted octanol–water partition coefficient (Wildman–Crippen LogP) is -2.23. The molecule has 4 nitrogen and oxygen atoms in total. The molecule has 0 spiro atoms. The van der Waals surface area contributed by atoms with Gasteiger partial charge in [-0.3, -0.25) is 0 Å². The first-order chi connectivity index (χ1) is 2.00. The van der Waals surface area contributed by atoms with E-state index in [9.17, 15) is 0 Å². The molecule has 0 saturated carbocycles. The van der Waals surface area contributed by atoms with Crippen LogP contribution < -0.4 is 0 Å². The zero-order valence-corrected chi connectivity index (χ0v) is 5.89. The Labute approximate surface area is 173 Å². The van der Waals surface area contributed by atoms with Crippen LogP contribution in [-0.2, 0) is 4.57 Å². The molecule has 0 amide bonds. The number of hydrogen-bond donors (Lipinski definition) is 3. The Morgan fingerprint density at radius 2 is 1.00 bits per heavy atom. The molecule has 8 heteroatoms. The Kier molecular flexibility index (Phi) is 34.5. The van der Waals surface area contributed by atoms with Crippen LogP contribution in [0.1, 0.15) is 0 Å². The van der Waals surface area contributed by atoms with Crippen LogP contribution in [0.5, 0.6) is 0 Å². The summed E-state index contributed by atoms with van der Waals surface area (Å²) in [5.41, 5.74) is 0. The van der Waals surface area contributed by atoms with E-state index in [0.29, 0.717) is 0 Å². The third-order valence-electron chi connectivity index (χ3n) is 0. The summed E-state index contributed by atoms with van der Waals surface area (Å²) in [6, 6.07) is 0. The van der Waals surface area contributed by atoms with Crippen LogP contribution >= 0.6 is 7.82 Å². The molecule has 1 radical (unpaired) electrons. The van der Waals surface area contributed by atoms with Gasteiger partial charge < -0.3 is 14.7 Å². The summed E-state index contributed by atoms with van der Waals surface area (Å²) in [6.45, 7) is 0. The molecule has 0 heterocycles. The van der Waals surface area contributed by atoms with Gasteiger partial charge in [0.1, 0.15) is 0 Å². The van der Waals surface area contributed by atoms with E-state index in [1.807, 2.05) is 0 Å². The molecular formula is H5EuK2O4P. The second-order valence-corrected chi connectivity index (χ2v) is 1.54. The number of hydrogen-bond acceptors (Lipinski definition) is 1. The van der Waals surface area contributed by atoms with E-state index >= 15 is 0 Å². The quantitative estimate of drug-likeness (QED) is 0.347. The van der Waals surface area contributed by atoms with Crippen molar-refractivity contribution >= 4 is 111 Å². The zero-order chi connectivity index (χ0) is 4.50. The molecule has 3 N–H and O–H groups in total. The van der Waals surface area contributed by atoms with Gasteiger partial charge in [0.15, 0.2) is 0 Å². The Morgan fingerprint density at radius 1 is 1.00 bits per heavy atom. The molecule has 0 aliphatic heterocycles. The first-order valence-electron chi connectivity index (χ1n) is 0.783. The Balaban J connectivity index is -0.0000000267. The Morgan fingerprint density at radius 3 is 1.00 bits per heavy atom. The molecule has 0 bridgehead atoms. The summed E-state index contributed by atoms with van der Waals surface area (Å²) in [5, 5.41) is 0. The molecule has 0 fully saturated rings. The minimum absolute atomic E-state index is 0. The average Bonchev–Trinajstić information content (AvgIpc) is 0.722. The van der Waals surface area contributed by atoms with Gasteiger partial charge in [0, 0.05) is 49.4 Å². The van der Waals surface area contributed by atoms with E-state index in [1.165, 1.54) is 0 Å². The molecule has 0 unspecified atom stereocenters. The van der Waals surface area contributed by atoms with Crippen LogP contribution in [0.4, 0.5) is 0 Å². The Bertz CT molecular complexity index is 60.2. The molecule has 0 atom stereocenters. The summed E-state index contributed by atoms with van der Waals surface area (Å²) in [7, 11) is -4.64. The van der Waals surface area contributed by atoms with E-state index in [4.69, 9.17) is 19.2 Å². The third-order valence-corrected chi connectivity index (χ3v) is 0. The molecular weight excluding hydrogens is 325 g/mol. The molecule has 0 aromatic heterocycles. The molecule has 0 aliphatic carbocycles. The van der Waals surface area contributed by atoms with Crippen molar-refractivity contribution in [1.82, 2.24) is 0 Å². The minimum atomic E-state index is -4.64. The van der Waals surface area contributed by atoms with Crippen LogP contribution in [0.15, 0.2) is 0 Å². The topological polar surface area (TPSA) is 77.8 Å². The molecule has 0 aromatic carbocycles. The van der Waals surface area contributed by atoms with Gasteiger partial charge in [-0.25, -0.2) is 4.57 Å². The van der Waals surface area contributed by atoms with Crippen molar-refractivity contribution in [2.45, 2.75) is 0 Å². The van der Waals surface area contributed by atoms with E-state index in [-0.39, 0.29) is 152 Å². The first-order valence-corrected chi connectivity index (χ1v) is 2.35. The van der Waals surface area contributed by atoms with Crippen molar-refractivity contribution in [3.8, 4) is 0 Å². The van der Waals surface area contributed by atoms with Crippen LogP contribution in [-0.4, -0.2) is 117 Å². The number of rotatable bonds is 0. The van der Waals surface area contributed by atoms with Crippen molar-refractivity contribution in [3.05, 3.63) is 0 Å². The van der Waals surface area contributed by atoms with Crippen molar-refractivity contribution in [3.63, 3.8) is 0 Å². The van der Waals surface area contributed by atoms with Gasteiger partial charge in [-0.05, 0) is 0 Å². The van der Waals surface area contributed by atoms with Gasteiger partial charge >= 0.3 is 111 Å². The fourth-order valence-corrected chi connectivity index (χ4v) is 0. The molecule has 0 saturated heterocycles. The summed E-state index contributed by atoms with van der Waals surface area (Å²) < 4.78 is 8.88. The summed E-state index contributed by atoms with van der Waals surface area (Å²) in [5.74, 6) is 0. The van der Waals surface area contributed by atoms with Gasteiger partial charge in [0.2, 0.25) is 0 Å². The van der Waals surface area contributed by atoms with E-state index < -0.39 is 7.82 Å². The number of phosphoric acid groups is 1. The van der Waals surface area contributed by atoms with E-state index in [0.717, 1.165) is 0 Å². The summed E-state index contributed by atoms with van der Waals surface area (Å²) in [4.78, 5) is 21.6. The van der Waals surface area contributed by atoms with Gasteiger partial charge in [0.25, 0.3) is 0 Å². The van der Waals surface area contributed by atoms with Crippen LogP contribution in [0.2, 0.25) is 0 Å². The fourth-order valence-electron chi connectivity index (χ4n) is 0. The van der Waals surface area contributed by atoms with Gasteiger partial charge in [-0.2, -0.15) is 0 Å². The average molecular weight is 330 g/mol.